The minimum atomic E-state index is 0.198. The van der Waals surface area contributed by atoms with Crippen molar-refractivity contribution < 1.29 is 4.79 Å². The number of likely N-dealkylation sites (tertiary alicyclic amines) is 1. The Morgan fingerprint density at radius 1 is 1.32 bits per heavy atom. The molecule has 1 aliphatic rings. The van der Waals surface area contributed by atoms with E-state index in [1.807, 2.05) is 4.90 Å². The molecule has 0 bridgehead atoms. The fraction of sp³-hybridized carbons (Fsp3) is 0.833. The van der Waals surface area contributed by atoms with Crippen LogP contribution in [-0.2, 0) is 11.3 Å². The molecule has 1 saturated heterocycles. The van der Waals surface area contributed by atoms with Crippen molar-refractivity contribution in [3.05, 3.63) is 0 Å². The Balaban J connectivity index is 1.84. The summed E-state index contributed by atoms with van der Waals surface area (Å²) in [6.07, 6.45) is 3.49. The maximum atomic E-state index is 12.1. The van der Waals surface area contributed by atoms with Crippen LogP contribution < -0.4 is 0 Å². The van der Waals surface area contributed by atoms with E-state index >= 15 is 0 Å². The molecule has 0 unspecified atom stereocenters. The van der Waals surface area contributed by atoms with Gasteiger partial charge in [0.1, 0.15) is 0 Å². The third-order valence-corrected chi connectivity index (χ3v) is 4.01. The maximum absolute atomic E-state index is 12.1. The van der Waals surface area contributed by atoms with E-state index in [0.29, 0.717) is 11.7 Å². The van der Waals surface area contributed by atoms with Gasteiger partial charge in [0.2, 0.25) is 11.1 Å². The highest BCUT2D eigenvalue weighted by Gasteiger charge is 2.18. The number of hydrogen-bond acceptors (Lipinski definition) is 5. The highest BCUT2D eigenvalue weighted by molar-refractivity contribution is 7.99. The first-order chi connectivity index (χ1) is 9.16. The summed E-state index contributed by atoms with van der Waals surface area (Å²) >= 11 is 1.43. The van der Waals surface area contributed by atoms with Gasteiger partial charge in [0.25, 0.3) is 0 Å². The normalized spacial score (nSPS) is 16.1. The van der Waals surface area contributed by atoms with Gasteiger partial charge in [-0.25, -0.2) is 4.68 Å². The predicted octanol–water partition coefficient (Wildman–Crippen LogP) is 1.43. The van der Waals surface area contributed by atoms with E-state index in [9.17, 15) is 4.79 Å². The van der Waals surface area contributed by atoms with Crippen LogP contribution in [0, 0.1) is 5.92 Å². The fourth-order valence-corrected chi connectivity index (χ4v) is 2.91. The second kappa shape index (κ2) is 6.88. The first kappa shape index (κ1) is 14.3. The number of nitrogens with zero attached hydrogens (tertiary/aromatic N) is 5. The number of thioether (sulfide) groups is 1. The van der Waals surface area contributed by atoms with Crippen molar-refractivity contribution >= 4 is 17.7 Å². The van der Waals surface area contributed by atoms with Gasteiger partial charge < -0.3 is 4.90 Å². The largest absolute Gasteiger partial charge is 0.342 e. The molecule has 7 heteroatoms. The smallest absolute Gasteiger partial charge is 0.233 e. The second-order valence-electron chi connectivity index (χ2n) is 5.27. The number of carbonyl (C=O) groups excluding carboxylic acids is 1. The van der Waals surface area contributed by atoms with Crippen LogP contribution in [0.3, 0.4) is 0 Å². The Labute approximate surface area is 117 Å². The van der Waals surface area contributed by atoms with E-state index < -0.39 is 0 Å². The van der Waals surface area contributed by atoms with Crippen LogP contribution in [-0.4, -0.2) is 49.9 Å². The number of tetrazole rings is 1. The molecule has 1 fully saturated rings. The van der Waals surface area contributed by atoms with Crippen LogP contribution in [0.25, 0.3) is 0 Å². The molecular formula is C12H21N5OS. The van der Waals surface area contributed by atoms with E-state index in [4.69, 9.17) is 0 Å². The Bertz CT molecular complexity index is 414. The van der Waals surface area contributed by atoms with E-state index in [0.717, 1.165) is 37.6 Å². The predicted molar refractivity (Wildman–Crippen MR) is 73.8 cm³/mol. The third kappa shape index (κ3) is 4.19. The lowest BCUT2D eigenvalue weighted by molar-refractivity contribution is -0.129. The fourth-order valence-electron chi connectivity index (χ4n) is 2.12. The summed E-state index contributed by atoms with van der Waals surface area (Å²) in [5.74, 6) is 1.11. The van der Waals surface area contributed by atoms with Crippen LogP contribution in [0.1, 0.15) is 33.1 Å². The van der Waals surface area contributed by atoms with E-state index in [1.165, 1.54) is 18.2 Å². The molecule has 2 rings (SSSR count). The van der Waals surface area contributed by atoms with Gasteiger partial charge in [0, 0.05) is 19.6 Å². The molecular weight excluding hydrogens is 262 g/mol. The van der Waals surface area contributed by atoms with Gasteiger partial charge in [0.05, 0.1) is 5.75 Å². The van der Waals surface area contributed by atoms with Gasteiger partial charge in [-0.05, 0) is 35.6 Å². The monoisotopic (exact) mass is 283 g/mol. The minimum Gasteiger partial charge on any atom is -0.342 e. The number of piperidine rings is 1. The zero-order valence-corrected chi connectivity index (χ0v) is 12.4. The summed E-state index contributed by atoms with van der Waals surface area (Å²) in [5.41, 5.74) is 0. The molecule has 1 aromatic heterocycles. The lowest BCUT2D eigenvalue weighted by atomic mass is 10.1. The highest BCUT2D eigenvalue weighted by atomic mass is 32.2. The molecule has 1 aliphatic heterocycles. The zero-order valence-electron chi connectivity index (χ0n) is 11.6. The average Bonchev–Trinajstić information content (AvgIpc) is 2.83. The van der Waals surface area contributed by atoms with Gasteiger partial charge in [-0.1, -0.05) is 25.6 Å². The molecule has 2 heterocycles. The Morgan fingerprint density at radius 3 is 2.74 bits per heavy atom. The van der Waals surface area contributed by atoms with Crippen LogP contribution in [0.2, 0.25) is 0 Å². The molecule has 0 N–H and O–H groups in total. The van der Waals surface area contributed by atoms with Crippen molar-refractivity contribution in [1.82, 2.24) is 25.1 Å². The lowest BCUT2D eigenvalue weighted by Crippen LogP contribution is -2.36. The molecule has 0 aromatic carbocycles. The first-order valence-electron chi connectivity index (χ1n) is 6.83. The summed E-state index contributed by atoms with van der Waals surface area (Å²) in [4.78, 5) is 14.0. The van der Waals surface area contributed by atoms with Crippen molar-refractivity contribution in [2.24, 2.45) is 5.92 Å². The molecule has 0 spiro atoms. The molecule has 6 nitrogen and oxygen atoms in total. The summed E-state index contributed by atoms with van der Waals surface area (Å²) in [7, 11) is 0. The van der Waals surface area contributed by atoms with Gasteiger partial charge in [-0.2, -0.15) is 0 Å². The van der Waals surface area contributed by atoms with Gasteiger partial charge >= 0.3 is 0 Å². The molecule has 1 amide bonds. The minimum absolute atomic E-state index is 0.198. The Morgan fingerprint density at radius 2 is 2.05 bits per heavy atom. The number of carbonyl (C=O) groups is 1. The summed E-state index contributed by atoms with van der Waals surface area (Å²) in [6, 6.07) is 0. The Hall–Kier alpha value is -1.11. The van der Waals surface area contributed by atoms with Crippen molar-refractivity contribution in [2.75, 3.05) is 18.8 Å². The number of aromatic nitrogens is 4. The summed E-state index contributed by atoms with van der Waals surface area (Å²) in [6.45, 7) is 6.82. The SMILES string of the molecule is CC(C)Cn1nnnc1SCC(=O)N1CCCCC1. The first-order valence-corrected chi connectivity index (χ1v) is 7.82. The molecule has 19 heavy (non-hydrogen) atoms. The van der Waals surface area contributed by atoms with Crippen LogP contribution in [0.4, 0.5) is 0 Å². The second-order valence-corrected chi connectivity index (χ2v) is 6.21. The topological polar surface area (TPSA) is 63.9 Å². The maximum Gasteiger partial charge on any atom is 0.233 e. The van der Waals surface area contributed by atoms with Gasteiger partial charge in [0.15, 0.2) is 0 Å². The van der Waals surface area contributed by atoms with Crippen molar-refractivity contribution in [1.29, 1.82) is 0 Å². The van der Waals surface area contributed by atoms with Gasteiger partial charge in [-0.3, -0.25) is 4.79 Å². The summed E-state index contributed by atoms with van der Waals surface area (Å²) in [5, 5.41) is 12.4. The van der Waals surface area contributed by atoms with Crippen molar-refractivity contribution in [2.45, 2.75) is 44.8 Å². The molecule has 0 saturated carbocycles. The van der Waals surface area contributed by atoms with Crippen LogP contribution in [0.15, 0.2) is 5.16 Å². The third-order valence-electron chi connectivity index (χ3n) is 3.07. The van der Waals surface area contributed by atoms with Crippen LogP contribution >= 0.6 is 11.8 Å². The number of hydrogen-bond donors (Lipinski definition) is 0. The zero-order chi connectivity index (χ0) is 13.7. The van der Waals surface area contributed by atoms with E-state index in [-0.39, 0.29) is 5.91 Å². The van der Waals surface area contributed by atoms with E-state index in [1.54, 1.807) is 4.68 Å². The number of amides is 1. The lowest BCUT2D eigenvalue weighted by Gasteiger charge is -2.26. The van der Waals surface area contributed by atoms with Crippen molar-refractivity contribution in [3.63, 3.8) is 0 Å². The molecule has 1 aromatic rings. The van der Waals surface area contributed by atoms with Gasteiger partial charge in [-0.15, -0.1) is 5.10 Å². The molecule has 0 radical (unpaired) electrons. The molecule has 106 valence electrons. The summed E-state index contributed by atoms with van der Waals surface area (Å²) < 4.78 is 1.78. The number of rotatable bonds is 5. The average molecular weight is 283 g/mol. The quantitative estimate of drug-likeness (QED) is 0.765. The van der Waals surface area contributed by atoms with Crippen LogP contribution in [0.5, 0.6) is 0 Å². The highest BCUT2D eigenvalue weighted by Crippen LogP contribution is 2.17. The molecule has 0 aliphatic carbocycles. The standard InChI is InChI=1S/C12H21N5OS/c1-10(2)8-17-12(13-14-15-17)19-9-11(18)16-6-4-3-5-7-16/h10H,3-9H2,1-2H3. The Kier molecular flexibility index (Phi) is 5.18. The van der Waals surface area contributed by atoms with E-state index in [2.05, 4.69) is 29.4 Å². The van der Waals surface area contributed by atoms with Crippen molar-refractivity contribution in [3.8, 4) is 0 Å². The molecule has 0 atom stereocenters.